The van der Waals surface area contributed by atoms with E-state index in [1.54, 1.807) is 0 Å². The normalized spacial score (nSPS) is 27.7. The third-order valence-corrected chi connectivity index (χ3v) is 5.52. The Balaban J connectivity index is 0.000000220. The first-order valence-corrected chi connectivity index (χ1v) is 10.1. The molecule has 2 N–H and O–H groups in total. The highest BCUT2D eigenvalue weighted by Crippen LogP contribution is 2.40. The van der Waals surface area contributed by atoms with Gasteiger partial charge in [-0.1, -0.05) is 77.6 Å². The molecule has 2 nitrogen and oxygen atoms in total. The summed E-state index contributed by atoms with van der Waals surface area (Å²) >= 11 is 0. The molecule has 0 aromatic rings. The fourth-order valence-electron chi connectivity index (χ4n) is 4.09. The zero-order chi connectivity index (χ0) is 16.0. The predicted molar refractivity (Wildman–Crippen MR) is 95.0 cm³/mol. The van der Waals surface area contributed by atoms with Crippen LogP contribution >= 0.6 is 0 Å². The third-order valence-electron chi connectivity index (χ3n) is 5.52. The molecular weight excluding hydrogens is 272 g/mol. The highest BCUT2D eigenvalue weighted by molar-refractivity contribution is 4.82. The van der Waals surface area contributed by atoms with Crippen LogP contribution in [0.5, 0.6) is 0 Å². The number of aliphatic hydroxyl groups excluding tert-OH is 2. The van der Waals surface area contributed by atoms with Gasteiger partial charge in [-0.2, -0.15) is 0 Å². The van der Waals surface area contributed by atoms with Crippen LogP contribution in [-0.4, -0.2) is 22.9 Å². The van der Waals surface area contributed by atoms with Crippen molar-refractivity contribution in [3.8, 4) is 0 Å². The van der Waals surface area contributed by atoms with E-state index in [0.717, 1.165) is 31.1 Å². The van der Waals surface area contributed by atoms with E-state index in [-0.39, 0.29) is 6.10 Å². The molecule has 3 atom stereocenters. The zero-order valence-electron chi connectivity index (χ0n) is 14.9. The molecule has 0 aliphatic heterocycles. The number of hydrogen-bond donors (Lipinski definition) is 2. The minimum atomic E-state index is 0.0364. The molecule has 2 aliphatic rings. The van der Waals surface area contributed by atoms with Crippen LogP contribution in [0.25, 0.3) is 0 Å². The molecule has 132 valence electrons. The molecule has 2 rings (SSSR count). The Morgan fingerprint density at radius 1 is 0.727 bits per heavy atom. The minimum Gasteiger partial charge on any atom is -0.396 e. The summed E-state index contributed by atoms with van der Waals surface area (Å²) in [5.41, 5.74) is 0. The second-order valence-corrected chi connectivity index (χ2v) is 7.47. The van der Waals surface area contributed by atoms with Crippen LogP contribution in [0, 0.1) is 11.8 Å². The van der Waals surface area contributed by atoms with Gasteiger partial charge in [-0.05, 0) is 37.5 Å². The van der Waals surface area contributed by atoms with Crippen molar-refractivity contribution in [3.05, 3.63) is 0 Å². The summed E-state index contributed by atoms with van der Waals surface area (Å²) < 4.78 is 0. The molecule has 0 spiro atoms. The summed E-state index contributed by atoms with van der Waals surface area (Å²) in [5.74, 6) is 1.86. The van der Waals surface area contributed by atoms with E-state index in [2.05, 4.69) is 6.92 Å². The van der Waals surface area contributed by atoms with Gasteiger partial charge in [0.25, 0.3) is 0 Å². The largest absolute Gasteiger partial charge is 0.396 e. The van der Waals surface area contributed by atoms with Crippen molar-refractivity contribution < 1.29 is 10.2 Å². The Kier molecular flexibility index (Phi) is 12.1. The molecule has 0 heterocycles. The first kappa shape index (κ1) is 20.0. The van der Waals surface area contributed by atoms with Crippen LogP contribution < -0.4 is 0 Å². The van der Waals surface area contributed by atoms with E-state index >= 15 is 0 Å². The van der Waals surface area contributed by atoms with E-state index < -0.39 is 0 Å². The summed E-state index contributed by atoms with van der Waals surface area (Å²) in [4.78, 5) is 0. The van der Waals surface area contributed by atoms with Crippen LogP contribution in [0.4, 0.5) is 0 Å². The lowest BCUT2D eigenvalue weighted by atomic mass is 9.70. The molecule has 2 saturated carbocycles. The molecule has 3 unspecified atom stereocenters. The first-order chi connectivity index (χ1) is 10.8. The van der Waals surface area contributed by atoms with E-state index in [1.807, 2.05) is 0 Å². The lowest BCUT2D eigenvalue weighted by molar-refractivity contribution is 0.0491. The summed E-state index contributed by atoms with van der Waals surface area (Å²) in [5, 5.41) is 18.0. The smallest absolute Gasteiger partial charge is 0.0543 e. The fraction of sp³-hybridized carbons (Fsp3) is 1.00. The highest BCUT2D eigenvalue weighted by Gasteiger charge is 2.30. The number of rotatable bonds is 8. The Labute approximate surface area is 138 Å². The fourth-order valence-corrected chi connectivity index (χ4v) is 4.09. The van der Waals surface area contributed by atoms with Crippen molar-refractivity contribution >= 4 is 0 Å². The van der Waals surface area contributed by atoms with E-state index in [9.17, 15) is 5.11 Å². The van der Waals surface area contributed by atoms with Gasteiger partial charge in [-0.3, -0.25) is 0 Å². The van der Waals surface area contributed by atoms with Crippen molar-refractivity contribution in [1.82, 2.24) is 0 Å². The SMILES string of the molecule is CCCCCCCCCCO.OC1CCC2CCCCC2C1. The molecule has 0 radical (unpaired) electrons. The van der Waals surface area contributed by atoms with Crippen molar-refractivity contribution in [3.63, 3.8) is 0 Å². The van der Waals surface area contributed by atoms with E-state index in [0.29, 0.717) is 6.61 Å². The van der Waals surface area contributed by atoms with Crippen LogP contribution in [0.15, 0.2) is 0 Å². The lowest BCUT2D eigenvalue weighted by Crippen LogP contribution is -2.29. The topological polar surface area (TPSA) is 40.5 Å². The predicted octanol–water partition coefficient (Wildman–Crippen LogP) is 5.46. The second kappa shape index (κ2) is 13.4. The quantitative estimate of drug-likeness (QED) is 0.584. The third kappa shape index (κ3) is 9.15. The summed E-state index contributed by atoms with van der Waals surface area (Å²) in [6.45, 7) is 2.61. The van der Waals surface area contributed by atoms with Gasteiger partial charge in [0.1, 0.15) is 0 Å². The number of hydrogen-bond acceptors (Lipinski definition) is 2. The van der Waals surface area contributed by atoms with E-state index in [1.165, 1.54) is 77.0 Å². The monoisotopic (exact) mass is 312 g/mol. The summed E-state index contributed by atoms with van der Waals surface area (Å²) in [6.07, 6.45) is 19.6. The van der Waals surface area contributed by atoms with Crippen LogP contribution in [0.3, 0.4) is 0 Å². The first-order valence-electron chi connectivity index (χ1n) is 10.1. The average molecular weight is 313 g/mol. The minimum absolute atomic E-state index is 0.0364. The average Bonchev–Trinajstić information content (AvgIpc) is 2.54. The maximum absolute atomic E-state index is 9.45. The number of fused-ring (bicyclic) bond motifs is 1. The Morgan fingerprint density at radius 2 is 1.32 bits per heavy atom. The van der Waals surface area contributed by atoms with Crippen molar-refractivity contribution in [2.24, 2.45) is 11.8 Å². The Morgan fingerprint density at radius 3 is 1.95 bits per heavy atom. The highest BCUT2D eigenvalue weighted by atomic mass is 16.3. The molecule has 0 saturated heterocycles. The van der Waals surface area contributed by atoms with Gasteiger partial charge in [0.2, 0.25) is 0 Å². The maximum atomic E-state index is 9.45. The molecular formula is C20H40O2. The summed E-state index contributed by atoms with van der Waals surface area (Å²) in [7, 11) is 0. The molecule has 0 aromatic carbocycles. The van der Waals surface area contributed by atoms with Gasteiger partial charge in [0.15, 0.2) is 0 Å². The Hall–Kier alpha value is -0.0800. The molecule has 0 amide bonds. The molecule has 2 fully saturated rings. The standard InChI is InChI=1S/C10H18O.C10H22O/c11-10-6-5-8-3-1-2-4-9(8)7-10;1-2-3-4-5-6-7-8-9-10-11/h8-11H,1-7H2;11H,2-10H2,1H3. The molecule has 0 bridgehead atoms. The van der Waals surface area contributed by atoms with Gasteiger partial charge in [0.05, 0.1) is 6.10 Å². The number of unbranched alkanes of at least 4 members (excludes halogenated alkanes) is 7. The van der Waals surface area contributed by atoms with Crippen LogP contribution in [0.2, 0.25) is 0 Å². The molecule has 2 aliphatic carbocycles. The van der Waals surface area contributed by atoms with Gasteiger partial charge in [-0.25, -0.2) is 0 Å². The van der Waals surface area contributed by atoms with Gasteiger partial charge in [-0.15, -0.1) is 0 Å². The summed E-state index contributed by atoms with van der Waals surface area (Å²) in [6, 6.07) is 0. The van der Waals surface area contributed by atoms with Gasteiger partial charge >= 0.3 is 0 Å². The second-order valence-electron chi connectivity index (χ2n) is 7.47. The maximum Gasteiger partial charge on any atom is 0.0543 e. The lowest BCUT2D eigenvalue weighted by Gasteiger charge is -2.37. The zero-order valence-corrected chi connectivity index (χ0v) is 14.9. The molecule has 22 heavy (non-hydrogen) atoms. The van der Waals surface area contributed by atoms with Gasteiger partial charge < -0.3 is 10.2 Å². The molecule has 2 heteroatoms. The van der Waals surface area contributed by atoms with Crippen LogP contribution in [-0.2, 0) is 0 Å². The van der Waals surface area contributed by atoms with Crippen molar-refractivity contribution in [1.29, 1.82) is 0 Å². The van der Waals surface area contributed by atoms with Crippen LogP contribution in [0.1, 0.15) is 103 Å². The molecule has 0 aromatic heterocycles. The van der Waals surface area contributed by atoms with Crippen molar-refractivity contribution in [2.75, 3.05) is 6.61 Å². The van der Waals surface area contributed by atoms with Gasteiger partial charge in [0, 0.05) is 6.61 Å². The van der Waals surface area contributed by atoms with Crippen molar-refractivity contribution in [2.45, 2.75) is 109 Å². The van der Waals surface area contributed by atoms with E-state index in [4.69, 9.17) is 5.11 Å². The number of aliphatic hydroxyl groups is 2. The Bertz CT molecular complexity index is 234.